The van der Waals surface area contributed by atoms with E-state index >= 15 is 0 Å². The largest absolute Gasteiger partial charge is 0.383 e. The molecule has 2 N–H and O–H groups in total. The highest BCUT2D eigenvalue weighted by atomic mass is 16.5. The average molecular weight is 260 g/mol. The van der Waals surface area contributed by atoms with Crippen LogP contribution in [0.15, 0.2) is 24.3 Å². The van der Waals surface area contributed by atoms with Crippen LogP contribution in [-0.4, -0.2) is 44.2 Å². The second kappa shape index (κ2) is 8.30. The summed E-state index contributed by atoms with van der Waals surface area (Å²) in [6.07, 6.45) is 0. The fourth-order valence-corrected chi connectivity index (χ4v) is 1.67. The van der Waals surface area contributed by atoms with Crippen LogP contribution in [0.3, 0.4) is 0 Å². The number of methoxy groups -OCH3 is 1. The molecule has 0 radical (unpaired) electrons. The monoisotopic (exact) mass is 260 g/mol. The van der Waals surface area contributed by atoms with Crippen LogP contribution in [0.1, 0.15) is 22.8 Å². The minimum absolute atomic E-state index is 0.00375. The third-order valence-electron chi connectivity index (χ3n) is 2.68. The number of nitrogens with zero attached hydrogens (tertiary/aromatic N) is 1. The molecule has 0 spiro atoms. The van der Waals surface area contributed by atoms with E-state index in [0.29, 0.717) is 31.8 Å². The molecule has 19 heavy (non-hydrogen) atoms. The normalized spacial score (nSPS) is 9.63. The number of carbonyl (C=O) groups is 1. The van der Waals surface area contributed by atoms with Crippen molar-refractivity contribution >= 4 is 5.91 Å². The molecule has 4 nitrogen and oxygen atoms in total. The van der Waals surface area contributed by atoms with E-state index in [-0.39, 0.29) is 5.91 Å². The smallest absolute Gasteiger partial charge is 0.253 e. The molecule has 0 atom stereocenters. The molecule has 0 aromatic heterocycles. The summed E-state index contributed by atoms with van der Waals surface area (Å²) in [7, 11) is 1.63. The Bertz CT molecular complexity index is 475. The van der Waals surface area contributed by atoms with Gasteiger partial charge in [0.15, 0.2) is 0 Å². The number of rotatable bonds is 5. The predicted molar refractivity (Wildman–Crippen MR) is 75.8 cm³/mol. The first kappa shape index (κ1) is 15.2. The summed E-state index contributed by atoms with van der Waals surface area (Å²) in [5, 5.41) is 0. The van der Waals surface area contributed by atoms with Crippen molar-refractivity contribution in [3.63, 3.8) is 0 Å². The van der Waals surface area contributed by atoms with Gasteiger partial charge in [0.1, 0.15) is 0 Å². The first-order valence-corrected chi connectivity index (χ1v) is 6.30. The summed E-state index contributed by atoms with van der Waals surface area (Å²) >= 11 is 0. The zero-order chi connectivity index (χ0) is 14.1. The van der Waals surface area contributed by atoms with Gasteiger partial charge in [0, 0.05) is 31.3 Å². The minimum Gasteiger partial charge on any atom is -0.383 e. The van der Waals surface area contributed by atoms with Crippen molar-refractivity contribution in [2.75, 3.05) is 33.4 Å². The Kier molecular flexibility index (Phi) is 6.65. The van der Waals surface area contributed by atoms with Crippen LogP contribution in [0, 0.1) is 11.8 Å². The molecule has 0 aliphatic heterocycles. The van der Waals surface area contributed by atoms with Crippen LogP contribution in [-0.2, 0) is 4.74 Å². The molecule has 0 fully saturated rings. The number of hydrogen-bond donors (Lipinski definition) is 1. The highest BCUT2D eigenvalue weighted by molar-refractivity contribution is 5.94. The Morgan fingerprint density at radius 2 is 2.26 bits per heavy atom. The van der Waals surface area contributed by atoms with E-state index in [1.165, 1.54) is 0 Å². The van der Waals surface area contributed by atoms with E-state index < -0.39 is 0 Å². The SMILES string of the molecule is CCN(CCOC)C(=O)c1cccc(C#CCN)c1. The molecule has 0 aliphatic carbocycles. The second-order valence-corrected chi connectivity index (χ2v) is 3.96. The molecule has 0 bridgehead atoms. The average Bonchev–Trinajstić information content (AvgIpc) is 2.46. The first-order valence-electron chi connectivity index (χ1n) is 6.30. The van der Waals surface area contributed by atoms with Crippen molar-refractivity contribution < 1.29 is 9.53 Å². The van der Waals surface area contributed by atoms with Crippen molar-refractivity contribution in [2.45, 2.75) is 6.92 Å². The molecule has 0 heterocycles. The van der Waals surface area contributed by atoms with E-state index in [0.717, 1.165) is 5.56 Å². The lowest BCUT2D eigenvalue weighted by atomic mass is 10.1. The summed E-state index contributed by atoms with van der Waals surface area (Å²) < 4.78 is 5.01. The van der Waals surface area contributed by atoms with E-state index in [1.54, 1.807) is 24.1 Å². The zero-order valence-corrected chi connectivity index (χ0v) is 11.5. The quantitative estimate of drug-likeness (QED) is 0.807. The van der Waals surface area contributed by atoms with Crippen LogP contribution in [0.4, 0.5) is 0 Å². The second-order valence-electron chi connectivity index (χ2n) is 3.96. The van der Waals surface area contributed by atoms with Crippen LogP contribution in [0.2, 0.25) is 0 Å². The number of nitrogens with two attached hydrogens (primary N) is 1. The molecule has 1 amide bonds. The van der Waals surface area contributed by atoms with Gasteiger partial charge in [0.25, 0.3) is 5.91 Å². The number of ether oxygens (including phenoxy) is 1. The number of likely N-dealkylation sites (N-methyl/N-ethyl adjacent to an activating group) is 1. The van der Waals surface area contributed by atoms with Crippen molar-refractivity contribution in [1.29, 1.82) is 0 Å². The molecular formula is C15H20N2O2. The Balaban J connectivity index is 2.85. The molecule has 4 heteroatoms. The molecule has 1 aromatic carbocycles. The first-order chi connectivity index (χ1) is 9.22. The van der Waals surface area contributed by atoms with E-state index in [1.807, 2.05) is 19.1 Å². The van der Waals surface area contributed by atoms with E-state index in [9.17, 15) is 4.79 Å². The van der Waals surface area contributed by atoms with Crippen LogP contribution >= 0.6 is 0 Å². The lowest BCUT2D eigenvalue weighted by Gasteiger charge is -2.20. The van der Waals surface area contributed by atoms with Gasteiger partial charge in [-0.3, -0.25) is 4.79 Å². The van der Waals surface area contributed by atoms with Crippen LogP contribution < -0.4 is 5.73 Å². The van der Waals surface area contributed by atoms with Gasteiger partial charge in [-0.25, -0.2) is 0 Å². The molecule has 102 valence electrons. The number of amides is 1. The molecule has 1 aromatic rings. The maximum absolute atomic E-state index is 12.3. The molecule has 0 saturated carbocycles. The molecule has 0 unspecified atom stereocenters. The Morgan fingerprint density at radius 3 is 2.89 bits per heavy atom. The van der Waals surface area contributed by atoms with Crippen LogP contribution in [0.5, 0.6) is 0 Å². The zero-order valence-electron chi connectivity index (χ0n) is 11.5. The Morgan fingerprint density at radius 1 is 1.47 bits per heavy atom. The fraction of sp³-hybridized carbons (Fsp3) is 0.400. The fourth-order valence-electron chi connectivity index (χ4n) is 1.67. The van der Waals surface area contributed by atoms with Crippen molar-refractivity contribution in [3.05, 3.63) is 35.4 Å². The molecule has 1 rings (SSSR count). The molecule has 0 aliphatic rings. The maximum atomic E-state index is 12.3. The third-order valence-corrected chi connectivity index (χ3v) is 2.68. The van der Waals surface area contributed by atoms with Gasteiger partial charge in [0.05, 0.1) is 13.2 Å². The van der Waals surface area contributed by atoms with Crippen molar-refractivity contribution in [2.24, 2.45) is 5.73 Å². The summed E-state index contributed by atoms with van der Waals surface area (Å²) in [5.41, 5.74) is 6.78. The highest BCUT2D eigenvalue weighted by Gasteiger charge is 2.13. The van der Waals surface area contributed by atoms with Gasteiger partial charge in [-0.1, -0.05) is 17.9 Å². The predicted octanol–water partition coefficient (Wildman–Crippen LogP) is 1.11. The van der Waals surface area contributed by atoms with E-state index in [2.05, 4.69) is 11.8 Å². The number of carbonyl (C=O) groups excluding carboxylic acids is 1. The van der Waals surface area contributed by atoms with Gasteiger partial charge in [-0.05, 0) is 25.1 Å². The summed E-state index contributed by atoms with van der Waals surface area (Å²) in [6.45, 7) is 4.04. The summed E-state index contributed by atoms with van der Waals surface area (Å²) in [6, 6.07) is 7.29. The topological polar surface area (TPSA) is 55.6 Å². The molecule has 0 saturated heterocycles. The lowest BCUT2D eigenvalue weighted by Crippen LogP contribution is -2.33. The Labute approximate surface area is 114 Å². The van der Waals surface area contributed by atoms with Gasteiger partial charge in [-0.15, -0.1) is 0 Å². The van der Waals surface area contributed by atoms with E-state index in [4.69, 9.17) is 10.5 Å². The van der Waals surface area contributed by atoms with Crippen molar-refractivity contribution in [3.8, 4) is 11.8 Å². The maximum Gasteiger partial charge on any atom is 0.253 e. The van der Waals surface area contributed by atoms with Gasteiger partial charge in [0.2, 0.25) is 0 Å². The number of hydrogen-bond acceptors (Lipinski definition) is 3. The van der Waals surface area contributed by atoms with Crippen LogP contribution in [0.25, 0.3) is 0 Å². The van der Waals surface area contributed by atoms with Gasteiger partial charge >= 0.3 is 0 Å². The van der Waals surface area contributed by atoms with Crippen molar-refractivity contribution in [1.82, 2.24) is 4.90 Å². The summed E-state index contributed by atoms with van der Waals surface area (Å²) in [5.74, 6) is 5.71. The third kappa shape index (κ3) is 4.74. The number of benzene rings is 1. The highest BCUT2D eigenvalue weighted by Crippen LogP contribution is 2.08. The summed E-state index contributed by atoms with van der Waals surface area (Å²) in [4.78, 5) is 14.1. The minimum atomic E-state index is -0.00375. The van der Waals surface area contributed by atoms with Gasteiger partial charge < -0.3 is 15.4 Å². The van der Waals surface area contributed by atoms with Gasteiger partial charge in [-0.2, -0.15) is 0 Å². The molecular weight excluding hydrogens is 240 g/mol. The lowest BCUT2D eigenvalue weighted by molar-refractivity contribution is 0.0706. The standard InChI is InChI=1S/C15H20N2O2/c1-3-17(10-11-19-2)15(18)14-8-4-6-13(12-14)7-5-9-16/h4,6,8,12H,3,9-11,16H2,1-2H3. The Hall–Kier alpha value is -1.83.